The number of hydrogen-bond donors (Lipinski definition) is 1. The number of benzene rings is 1. The minimum absolute atomic E-state index is 0.179. The van der Waals surface area contributed by atoms with Crippen molar-refractivity contribution in [2.24, 2.45) is 22.6 Å². The van der Waals surface area contributed by atoms with Crippen molar-refractivity contribution in [1.29, 1.82) is 5.26 Å². The zero-order valence-corrected chi connectivity index (χ0v) is 20.2. The van der Waals surface area contributed by atoms with Crippen LogP contribution in [0, 0.1) is 30.1 Å². The van der Waals surface area contributed by atoms with E-state index in [4.69, 9.17) is 15.5 Å². The highest BCUT2D eigenvalue weighted by Gasteiger charge is 2.33. The molecule has 32 heavy (non-hydrogen) atoms. The largest absolute Gasteiger partial charge is 0.464 e. The highest BCUT2D eigenvalue weighted by molar-refractivity contribution is 6.14. The third-order valence-electron chi connectivity index (χ3n) is 6.18. The van der Waals surface area contributed by atoms with Crippen molar-refractivity contribution in [3.63, 3.8) is 0 Å². The molecule has 1 unspecified atom stereocenters. The van der Waals surface area contributed by atoms with Gasteiger partial charge in [-0.15, -0.1) is 0 Å². The lowest BCUT2D eigenvalue weighted by Crippen LogP contribution is -2.43. The molecule has 0 aliphatic carbocycles. The van der Waals surface area contributed by atoms with Crippen LogP contribution < -0.4 is 5.73 Å². The lowest BCUT2D eigenvalue weighted by atomic mass is 9.95. The molecule has 1 saturated heterocycles. The Morgan fingerprint density at radius 2 is 1.88 bits per heavy atom. The van der Waals surface area contributed by atoms with E-state index in [1.54, 1.807) is 0 Å². The minimum Gasteiger partial charge on any atom is -0.464 e. The van der Waals surface area contributed by atoms with Gasteiger partial charge in [0, 0.05) is 19.1 Å². The Morgan fingerprint density at radius 1 is 1.25 bits per heavy atom. The van der Waals surface area contributed by atoms with Crippen molar-refractivity contribution in [2.75, 3.05) is 19.7 Å². The van der Waals surface area contributed by atoms with Crippen LogP contribution in [0.5, 0.6) is 0 Å². The van der Waals surface area contributed by atoms with Gasteiger partial charge in [-0.05, 0) is 51.2 Å². The number of carbonyl (C=O) groups excluding carboxylic acids is 1. The molecule has 1 aromatic rings. The lowest BCUT2D eigenvalue weighted by molar-refractivity contribution is -0.146. The average molecular weight is 439 g/mol. The summed E-state index contributed by atoms with van der Waals surface area (Å²) in [5, 5.41) is 10.1. The first-order valence-corrected chi connectivity index (χ1v) is 11.7. The summed E-state index contributed by atoms with van der Waals surface area (Å²) >= 11 is 0. The maximum absolute atomic E-state index is 13.1. The van der Waals surface area contributed by atoms with Crippen LogP contribution in [0.2, 0.25) is 0 Å². The molecule has 0 bridgehead atoms. The monoisotopic (exact) mass is 438 g/mol. The first-order valence-electron chi connectivity index (χ1n) is 11.7. The molecular formula is C26H38N4O2. The fraction of sp³-hybridized carbons (Fsp3) is 0.577. The number of hydrogen-bond acceptors (Lipinski definition) is 6. The first kappa shape index (κ1) is 25.6. The number of ether oxygens (including phenoxy) is 1. The second-order valence-electron chi connectivity index (χ2n) is 8.83. The normalized spacial score (nSPS) is 15.9. The number of nitriles is 1. The average Bonchev–Trinajstić information content (AvgIpc) is 2.77. The molecule has 0 aromatic heterocycles. The van der Waals surface area contributed by atoms with Crippen LogP contribution in [0.3, 0.4) is 0 Å². The number of para-hydroxylation sites is 1. The number of likely N-dealkylation sites (tertiary alicyclic amines) is 1. The quantitative estimate of drug-likeness (QED) is 0.437. The van der Waals surface area contributed by atoms with Crippen molar-refractivity contribution in [3.8, 4) is 6.07 Å². The SMILES string of the molecule is CCC(CC)COC(=O)C(C#N)C(=Nc1ccccc1C)C(=C(C)C)N1CCC(N)CC1. The molecule has 0 radical (unpaired) electrons. The fourth-order valence-electron chi connectivity index (χ4n) is 3.96. The molecule has 174 valence electrons. The van der Waals surface area contributed by atoms with Crippen molar-refractivity contribution in [3.05, 3.63) is 41.1 Å². The van der Waals surface area contributed by atoms with E-state index in [2.05, 4.69) is 24.8 Å². The lowest BCUT2D eigenvalue weighted by Gasteiger charge is -2.35. The van der Waals surface area contributed by atoms with Crippen molar-refractivity contribution in [1.82, 2.24) is 4.90 Å². The Kier molecular flexibility index (Phi) is 9.93. The third-order valence-corrected chi connectivity index (χ3v) is 6.18. The molecule has 1 heterocycles. The second kappa shape index (κ2) is 12.4. The predicted molar refractivity (Wildman–Crippen MR) is 130 cm³/mol. The topological polar surface area (TPSA) is 91.7 Å². The molecule has 1 aliphatic rings. The molecule has 1 aromatic carbocycles. The van der Waals surface area contributed by atoms with Crippen LogP contribution in [0.1, 0.15) is 58.9 Å². The van der Waals surface area contributed by atoms with Gasteiger partial charge in [-0.2, -0.15) is 5.26 Å². The highest BCUT2D eigenvalue weighted by Crippen LogP contribution is 2.27. The third kappa shape index (κ3) is 6.67. The van der Waals surface area contributed by atoms with Crippen LogP contribution in [-0.2, 0) is 9.53 Å². The van der Waals surface area contributed by atoms with Crippen molar-refractivity contribution < 1.29 is 9.53 Å². The first-order chi connectivity index (χ1) is 15.3. The number of aliphatic imine (C=N–C) groups is 1. The van der Waals surface area contributed by atoms with Gasteiger partial charge in [-0.3, -0.25) is 4.79 Å². The molecule has 1 aliphatic heterocycles. The van der Waals surface area contributed by atoms with Gasteiger partial charge in [0.2, 0.25) is 0 Å². The molecule has 1 atom stereocenters. The predicted octanol–water partition coefficient (Wildman–Crippen LogP) is 4.90. The summed E-state index contributed by atoms with van der Waals surface area (Å²) in [6.07, 6.45) is 3.59. The summed E-state index contributed by atoms with van der Waals surface area (Å²) in [5.74, 6) is -1.33. The Balaban J connectivity index is 2.49. The molecule has 2 rings (SSSR count). The molecular weight excluding hydrogens is 400 g/mol. The number of nitrogens with two attached hydrogens (primary N) is 1. The summed E-state index contributed by atoms with van der Waals surface area (Å²) in [6.45, 7) is 12.0. The molecule has 0 saturated carbocycles. The van der Waals surface area contributed by atoms with Crippen LogP contribution in [0.15, 0.2) is 40.5 Å². The smallest absolute Gasteiger partial charge is 0.329 e. The number of carbonyl (C=O) groups is 1. The minimum atomic E-state index is -1.09. The van der Waals surface area contributed by atoms with Gasteiger partial charge in [-0.25, -0.2) is 4.99 Å². The molecule has 0 spiro atoms. The molecule has 6 nitrogen and oxygen atoms in total. The summed E-state index contributed by atoms with van der Waals surface area (Å²) in [7, 11) is 0. The van der Waals surface area contributed by atoms with E-state index < -0.39 is 11.9 Å². The molecule has 0 amide bonds. The van der Waals surface area contributed by atoms with E-state index in [1.807, 2.05) is 45.0 Å². The maximum atomic E-state index is 13.1. The van der Waals surface area contributed by atoms with E-state index in [0.29, 0.717) is 18.2 Å². The van der Waals surface area contributed by atoms with Gasteiger partial charge < -0.3 is 15.4 Å². The fourth-order valence-corrected chi connectivity index (χ4v) is 3.96. The van der Waals surface area contributed by atoms with E-state index in [-0.39, 0.29) is 6.04 Å². The summed E-state index contributed by atoms with van der Waals surface area (Å²) in [5.41, 5.74) is 10.2. The van der Waals surface area contributed by atoms with Gasteiger partial charge >= 0.3 is 5.97 Å². The van der Waals surface area contributed by atoms with Crippen LogP contribution >= 0.6 is 0 Å². The number of rotatable bonds is 9. The highest BCUT2D eigenvalue weighted by atomic mass is 16.5. The number of aryl methyl sites for hydroxylation is 1. The van der Waals surface area contributed by atoms with E-state index in [0.717, 1.165) is 61.3 Å². The number of nitrogens with zero attached hydrogens (tertiary/aromatic N) is 3. The Bertz CT molecular complexity index is 868. The van der Waals surface area contributed by atoms with E-state index in [1.165, 1.54) is 0 Å². The van der Waals surface area contributed by atoms with E-state index >= 15 is 0 Å². The zero-order chi connectivity index (χ0) is 23.7. The maximum Gasteiger partial charge on any atom is 0.329 e. The van der Waals surface area contributed by atoms with Crippen LogP contribution in [-0.4, -0.2) is 42.3 Å². The Labute approximate surface area is 193 Å². The molecule has 2 N–H and O–H groups in total. The van der Waals surface area contributed by atoms with Gasteiger partial charge in [0.25, 0.3) is 0 Å². The number of esters is 1. The van der Waals surface area contributed by atoms with E-state index in [9.17, 15) is 10.1 Å². The number of piperidine rings is 1. The number of allylic oxidation sites excluding steroid dienone is 2. The zero-order valence-electron chi connectivity index (χ0n) is 20.2. The van der Waals surface area contributed by atoms with Crippen LogP contribution in [0.4, 0.5) is 5.69 Å². The summed E-state index contributed by atoms with van der Waals surface area (Å²) < 4.78 is 5.62. The van der Waals surface area contributed by atoms with Gasteiger partial charge in [0.15, 0.2) is 5.92 Å². The van der Waals surface area contributed by atoms with Gasteiger partial charge in [0.05, 0.1) is 29.8 Å². The molecule has 1 fully saturated rings. The van der Waals surface area contributed by atoms with Crippen molar-refractivity contribution in [2.45, 2.75) is 66.3 Å². The summed E-state index contributed by atoms with van der Waals surface area (Å²) in [4.78, 5) is 20.2. The van der Waals surface area contributed by atoms with Gasteiger partial charge in [0.1, 0.15) is 0 Å². The standard InChI is InChI=1S/C26H38N4O2/c1-6-20(7-2)17-32-26(31)22(16-27)24(29-23-11-9-8-10-19(23)5)25(18(3)4)30-14-12-21(28)13-15-30/h8-11,20-22H,6-7,12-15,17,28H2,1-5H3. The van der Waals surface area contributed by atoms with Crippen LogP contribution in [0.25, 0.3) is 0 Å². The van der Waals surface area contributed by atoms with Crippen molar-refractivity contribution >= 4 is 17.4 Å². The Morgan fingerprint density at radius 3 is 2.41 bits per heavy atom. The Hall–Kier alpha value is -2.65. The second-order valence-corrected chi connectivity index (χ2v) is 8.83. The molecule has 6 heteroatoms. The summed E-state index contributed by atoms with van der Waals surface area (Å²) in [6, 6.07) is 10.1. The van der Waals surface area contributed by atoms with Gasteiger partial charge in [-0.1, -0.05) is 50.5 Å².